The maximum absolute atomic E-state index is 9.10. The van der Waals surface area contributed by atoms with E-state index in [1.54, 1.807) is 7.11 Å². The van der Waals surface area contributed by atoms with E-state index in [9.17, 15) is 0 Å². The van der Waals surface area contributed by atoms with Gasteiger partial charge in [0.2, 0.25) is 0 Å². The molecule has 0 saturated heterocycles. The topological polar surface area (TPSA) is 95.9 Å². The van der Waals surface area contributed by atoms with Crippen LogP contribution in [0.25, 0.3) is 0 Å². The monoisotopic (exact) mass is 357 g/mol. The van der Waals surface area contributed by atoms with Gasteiger partial charge in [-0.1, -0.05) is 42.5 Å². The Morgan fingerprint density at radius 3 is 2.42 bits per heavy atom. The zero-order valence-corrected chi connectivity index (χ0v) is 14.6. The molecule has 138 valence electrons. The lowest BCUT2D eigenvalue weighted by molar-refractivity contribution is -0.159. The number of rotatable bonds is 4. The normalized spacial score (nSPS) is 15.2. The van der Waals surface area contributed by atoms with Gasteiger partial charge in [0.25, 0.3) is 0 Å². The van der Waals surface area contributed by atoms with Crippen molar-refractivity contribution in [2.45, 2.75) is 31.8 Å². The van der Waals surface area contributed by atoms with E-state index >= 15 is 0 Å². The summed E-state index contributed by atoms with van der Waals surface area (Å²) in [4.78, 5) is 18.2. The summed E-state index contributed by atoms with van der Waals surface area (Å²) in [6.45, 7) is 0.850. The summed E-state index contributed by atoms with van der Waals surface area (Å²) in [6.07, 6.45) is 3.69. The molecule has 0 aliphatic heterocycles. The van der Waals surface area contributed by atoms with Gasteiger partial charge in [0.1, 0.15) is 5.75 Å². The number of hydrogen-bond donors (Lipinski definition) is 3. The Kier molecular flexibility index (Phi) is 7.17. The molecule has 2 aromatic carbocycles. The van der Waals surface area contributed by atoms with Gasteiger partial charge in [-0.3, -0.25) is 0 Å². The van der Waals surface area contributed by atoms with Crippen molar-refractivity contribution in [2.75, 3.05) is 7.11 Å². The first-order valence-corrected chi connectivity index (χ1v) is 8.42. The molecule has 6 heteroatoms. The van der Waals surface area contributed by atoms with Crippen molar-refractivity contribution in [1.82, 2.24) is 5.32 Å². The van der Waals surface area contributed by atoms with Gasteiger partial charge in [0, 0.05) is 18.2 Å². The van der Waals surface area contributed by atoms with Gasteiger partial charge in [0.15, 0.2) is 0 Å². The van der Waals surface area contributed by atoms with Gasteiger partial charge in [-0.05, 0) is 36.5 Å². The standard InChI is InChI=1S/C18H21NO.C2H2O4/c1-20-18-12-5-3-8-15(18)13-19-17-11-6-9-14-7-2-4-10-16(14)17;3-1(4)2(5)6/h2-5,7-8,10,12,17,19H,6,9,11,13H2,1H3;(H,3,4)(H,5,6). The van der Waals surface area contributed by atoms with Crippen LogP contribution in [-0.2, 0) is 22.6 Å². The van der Waals surface area contributed by atoms with E-state index in [1.807, 2.05) is 12.1 Å². The number of fused-ring (bicyclic) bond motifs is 1. The molecule has 3 N–H and O–H groups in total. The number of ether oxygens (including phenoxy) is 1. The maximum atomic E-state index is 9.10. The highest BCUT2D eigenvalue weighted by molar-refractivity contribution is 6.27. The second kappa shape index (κ2) is 9.58. The number of para-hydroxylation sites is 1. The lowest BCUT2D eigenvalue weighted by atomic mass is 9.87. The van der Waals surface area contributed by atoms with Crippen LogP contribution in [0, 0.1) is 0 Å². The molecule has 0 spiro atoms. The molecule has 1 aliphatic carbocycles. The highest BCUT2D eigenvalue weighted by atomic mass is 16.5. The van der Waals surface area contributed by atoms with Crippen LogP contribution in [0.2, 0.25) is 0 Å². The summed E-state index contributed by atoms with van der Waals surface area (Å²) in [5.74, 6) is -2.69. The highest BCUT2D eigenvalue weighted by Crippen LogP contribution is 2.30. The number of methoxy groups -OCH3 is 1. The first-order chi connectivity index (χ1) is 12.5. The van der Waals surface area contributed by atoms with Crippen molar-refractivity contribution in [3.05, 3.63) is 65.2 Å². The summed E-state index contributed by atoms with van der Waals surface area (Å²) >= 11 is 0. The van der Waals surface area contributed by atoms with Crippen LogP contribution in [0.15, 0.2) is 48.5 Å². The Hall–Kier alpha value is -2.86. The molecule has 0 heterocycles. The zero-order chi connectivity index (χ0) is 18.9. The van der Waals surface area contributed by atoms with E-state index in [1.165, 1.54) is 36.0 Å². The molecule has 0 bridgehead atoms. The summed E-state index contributed by atoms with van der Waals surface area (Å²) < 4.78 is 5.41. The second-order valence-electron chi connectivity index (χ2n) is 5.95. The lowest BCUT2D eigenvalue weighted by Crippen LogP contribution is -2.25. The second-order valence-corrected chi connectivity index (χ2v) is 5.95. The van der Waals surface area contributed by atoms with Crippen molar-refractivity contribution >= 4 is 11.9 Å². The molecule has 6 nitrogen and oxygen atoms in total. The average molecular weight is 357 g/mol. The van der Waals surface area contributed by atoms with E-state index in [0.29, 0.717) is 6.04 Å². The summed E-state index contributed by atoms with van der Waals surface area (Å²) in [5, 5.41) is 18.5. The first-order valence-electron chi connectivity index (χ1n) is 8.42. The van der Waals surface area contributed by atoms with Crippen LogP contribution < -0.4 is 10.1 Å². The summed E-state index contributed by atoms with van der Waals surface area (Å²) in [5.41, 5.74) is 4.18. The van der Waals surface area contributed by atoms with Gasteiger partial charge >= 0.3 is 11.9 Å². The van der Waals surface area contributed by atoms with E-state index in [-0.39, 0.29) is 0 Å². The minimum atomic E-state index is -1.82. The van der Waals surface area contributed by atoms with Crippen molar-refractivity contribution in [3.63, 3.8) is 0 Å². The molecule has 2 aromatic rings. The third-order valence-electron chi connectivity index (χ3n) is 4.28. The van der Waals surface area contributed by atoms with E-state index < -0.39 is 11.9 Å². The van der Waals surface area contributed by atoms with Crippen molar-refractivity contribution in [2.24, 2.45) is 0 Å². The molecule has 1 unspecified atom stereocenters. The Balaban J connectivity index is 0.000000352. The minimum Gasteiger partial charge on any atom is -0.496 e. The smallest absolute Gasteiger partial charge is 0.414 e. The minimum absolute atomic E-state index is 0.463. The van der Waals surface area contributed by atoms with Crippen molar-refractivity contribution < 1.29 is 24.5 Å². The summed E-state index contributed by atoms with van der Waals surface area (Å²) in [6, 6.07) is 17.5. The Morgan fingerprint density at radius 2 is 1.73 bits per heavy atom. The zero-order valence-electron chi connectivity index (χ0n) is 14.6. The Labute approximate surface area is 152 Å². The third-order valence-corrected chi connectivity index (χ3v) is 4.28. The first kappa shape index (κ1) is 19.5. The van der Waals surface area contributed by atoms with Crippen LogP contribution in [-0.4, -0.2) is 29.3 Å². The molecule has 3 rings (SSSR count). The molecule has 0 amide bonds. The fraction of sp³-hybridized carbons (Fsp3) is 0.300. The van der Waals surface area contributed by atoms with Crippen LogP contribution in [0.1, 0.15) is 35.6 Å². The fourth-order valence-electron chi connectivity index (χ4n) is 3.05. The van der Waals surface area contributed by atoms with Gasteiger partial charge in [0.05, 0.1) is 7.11 Å². The molecule has 0 radical (unpaired) electrons. The predicted octanol–water partition coefficient (Wildman–Crippen LogP) is 3.02. The number of hydrogen-bond acceptors (Lipinski definition) is 4. The SMILES string of the molecule is COc1ccccc1CNC1CCCc2ccccc21.O=C(O)C(=O)O. The summed E-state index contributed by atoms with van der Waals surface area (Å²) in [7, 11) is 1.73. The van der Waals surface area contributed by atoms with Crippen molar-refractivity contribution in [3.8, 4) is 5.75 Å². The Morgan fingerprint density at radius 1 is 1.08 bits per heavy atom. The third kappa shape index (κ3) is 5.32. The number of carboxylic acid groups (broad SMARTS) is 2. The molecule has 0 aromatic heterocycles. The van der Waals surface area contributed by atoms with E-state index in [0.717, 1.165) is 12.3 Å². The fourth-order valence-corrected chi connectivity index (χ4v) is 3.05. The lowest BCUT2D eigenvalue weighted by Gasteiger charge is -2.26. The number of aliphatic carboxylic acids is 2. The van der Waals surface area contributed by atoms with Gasteiger partial charge in [-0.2, -0.15) is 0 Å². The molecule has 1 aliphatic rings. The average Bonchev–Trinajstić information content (AvgIpc) is 2.67. The molecule has 26 heavy (non-hydrogen) atoms. The Bertz CT molecular complexity index is 747. The number of carbonyl (C=O) groups is 2. The number of nitrogens with one attached hydrogen (secondary N) is 1. The number of benzene rings is 2. The van der Waals surface area contributed by atoms with Gasteiger partial charge < -0.3 is 20.3 Å². The van der Waals surface area contributed by atoms with E-state index in [4.69, 9.17) is 24.5 Å². The molecular formula is C20H23NO5. The largest absolute Gasteiger partial charge is 0.496 e. The van der Waals surface area contributed by atoms with Crippen LogP contribution in [0.3, 0.4) is 0 Å². The molecular weight excluding hydrogens is 334 g/mol. The number of aryl methyl sites for hydroxylation is 1. The quantitative estimate of drug-likeness (QED) is 0.728. The molecule has 1 atom stereocenters. The van der Waals surface area contributed by atoms with E-state index in [2.05, 4.69) is 41.7 Å². The van der Waals surface area contributed by atoms with Crippen LogP contribution >= 0.6 is 0 Å². The molecule has 0 saturated carbocycles. The van der Waals surface area contributed by atoms with Crippen LogP contribution in [0.4, 0.5) is 0 Å². The van der Waals surface area contributed by atoms with Crippen molar-refractivity contribution in [1.29, 1.82) is 0 Å². The highest BCUT2D eigenvalue weighted by Gasteiger charge is 2.19. The van der Waals surface area contributed by atoms with Crippen LogP contribution in [0.5, 0.6) is 5.75 Å². The van der Waals surface area contributed by atoms with Gasteiger partial charge in [-0.25, -0.2) is 9.59 Å². The van der Waals surface area contributed by atoms with Gasteiger partial charge in [-0.15, -0.1) is 0 Å². The number of carboxylic acids is 2. The predicted molar refractivity (Wildman–Crippen MR) is 97.2 cm³/mol. The molecule has 0 fully saturated rings. The maximum Gasteiger partial charge on any atom is 0.414 e.